The minimum absolute atomic E-state index is 0.0793. The van der Waals surface area contributed by atoms with Gasteiger partial charge in [0.05, 0.1) is 12.6 Å². The van der Waals surface area contributed by atoms with Gasteiger partial charge in [-0.05, 0) is 31.5 Å². The van der Waals surface area contributed by atoms with Crippen LogP contribution in [0.25, 0.3) is 17.0 Å². The Hall–Kier alpha value is -3.48. The Kier molecular flexibility index (Phi) is 3.75. The van der Waals surface area contributed by atoms with Gasteiger partial charge in [-0.25, -0.2) is 14.6 Å². The van der Waals surface area contributed by atoms with Crippen LogP contribution < -0.4 is 0 Å². The molecule has 4 heterocycles. The second kappa shape index (κ2) is 6.30. The van der Waals surface area contributed by atoms with Crippen molar-refractivity contribution < 1.29 is 4.79 Å². The van der Waals surface area contributed by atoms with Gasteiger partial charge in [-0.15, -0.1) is 0 Å². The highest BCUT2D eigenvalue weighted by molar-refractivity contribution is 5.93. The number of hydrogen-bond donors (Lipinski definition) is 0. The molecule has 140 valence electrons. The smallest absolute Gasteiger partial charge is 0.274 e. The molecular weight excluding hydrogens is 352 g/mol. The number of aryl methyl sites for hydroxylation is 1. The molecule has 0 unspecified atom stereocenters. The first kappa shape index (κ1) is 16.7. The second-order valence-corrected chi connectivity index (χ2v) is 7.15. The van der Waals surface area contributed by atoms with Crippen molar-refractivity contribution in [2.45, 2.75) is 26.4 Å². The molecule has 1 amide bonds. The number of imidazole rings is 1. The Balaban J connectivity index is 1.46. The lowest BCUT2D eigenvalue weighted by atomic mass is 10.2. The summed E-state index contributed by atoms with van der Waals surface area (Å²) in [6, 6.07) is 13.7. The molecule has 0 fully saturated rings. The number of rotatable bonds is 2. The van der Waals surface area contributed by atoms with Gasteiger partial charge in [0, 0.05) is 24.5 Å². The highest BCUT2D eigenvalue weighted by Gasteiger charge is 2.32. The van der Waals surface area contributed by atoms with E-state index in [4.69, 9.17) is 4.98 Å². The monoisotopic (exact) mass is 372 g/mol. The number of carbonyl (C=O) groups is 1. The van der Waals surface area contributed by atoms with Crippen LogP contribution in [-0.4, -0.2) is 41.5 Å². The van der Waals surface area contributed by atoms with Gasteiger partial charge in [0.25, 0.3) is 5.91 Å². The SMILES string of the molecule is Cc1ccn2cc(C(=O)N3CCn4nc(-c5ccccc5)nc4[C@@H]3C)nc2c1. The van der Waals surface area contributed by atoms with E-state index in [0.29, 0.717) is 24.6 Å². The van der Waals surface area contributed by atoms with E-state index in [1.807, 2.05) is 76.5 Å². The van der Waals surface area contributed by atoms with E-state index >= 15 is 0 Å². The van der Waals surface area contributed by atoms with Gasteiger partial charge in [0.2, 0.25) is 0 Å². The zero-order valence-electron chi connectivity index (χ0n) is 15.8. The molecule has 0 N–H and O–H groups in total. The molecule has 1 atom stereocenters. The fraction of sp³-hybridized carbons (Fsp3) is 0.238. The van der Waals surface area contributed by atoms with E-state index in [1.54, 1.807) is 6.20 Å². The third-order valence-electron chi connectivity index (χ3n) is 5.22. The van der Waals surface area contributed by atoms with Gasteiger partial charge in [0.15, 0.2) is 5.82 Å². The average Bonchev–Trinajstić information content (AvgIpc) is 3.33. The van der Waals surface area contributed by atoms with Crippen molar-refractivity contribution in [3.05, 3.63) is 71.9 Å². The van der Waals surface area contributed by atoms with E-state index in [-0.39, 0.29) is 11.9 Å². The number of carbonyl (C=O) groups excluding carboxylic acids is 1. The van der Waals surface area contributed by atoms with Crippen LogP contribution >= 0.6 is 0 Å². The summed E-state index contributed by atoms with van der Waals surface area (Å²) in [7, 11) is 0. The van der Waals surface area contributed by atoms with Crippen molar-refractivity contribution >= 4 is 11.6 Å². The first-order chi connectivity index (χ1) is 13.6. The molecule has 1 aliphatic heterocycles. The Labute approximate surface area is 162 Å². The van der Waals surface area contributed by atoms with Crippen molar-refractivity contribution in [2.24, 2.45) is 0 Å². The van der Waals surface area contributed by atoms with Crippen molar-refractivity contribution in [1.29, 1.82) is 0 Å². The molecule has 28 heavy (non-hydrogen) atoms. The summed E-state index contributed by atoms with van der Waals surface area (Å²) in [4.78, 5) is 24.2. The Morgan fingerprint density at radius 2 is 1.93 bits per heavy atom. The van der Waals surface area contributed by atoms with Gasteiger partial charge in [-0.3, -0.25) is 4.79 Å². The van der Waals surface area contributed by atoms with E-state index < -0.39 is 0 Å². The molecule has 0 saturated carbocycles. The quantitative estimate of drug-likeness (QED) is 0.542. The molecule has 0 spiro atoms. The molecule has 7 nitrogen and oxygen atoms in total. The normalized spacial score (nSPS) is 16.4. The molecule has 1 aliphatic rings. The predicted molar refractivity (Wildman–Crippen MR) is 105 cm³/mol. The maximum atomic E-state index is 13.1. The summed E-state index contributed by atoms with van der Waals surface area (Å²) in [6.45, 7) is 5.21. The molecular formula is C21H20N6O. The number of benzene rings is 1. The van der Waals surface area contributed by atoms with Gasteiger partial charge < -0.3 is 9.30 Å². The van der Waals surface area contributed by atoms with Gasteiger partial charge in [0.1, 0.15) is 17.2 Å². The van der Waals surface area contributed by atoms with E-state index in [0.717, 1.165) is 22.6 Å². The highest BCUT2D eigenvalue weighted by Crippen LogP contribution is 2.27. The van der Waals surface area contributed by atoms with Crippen molar-refractivity contribution in [3.8, 4) is 11.4 Å². The molecule has 3 aromatic heterocycles. The van der Waals surface area contributed by atoms with Crippen molar-refractivity contribution in [3.63, 3.8) is 0 Å². The number of fused-ring (bicyclic) bond motifs is 2. The molecule has 0 saturated heterocycles. The fourth-order valence-electron chi connectivity index (χ4n) is 3.68. The van der Waals surface area contributed by atoms with Crippen LogP contribution in [0.3, 0.4) is 0 Å². The summed E-state index contributed by atoms with van der Waals surface area (Å²) < 4.78 is 3.79. The van der Waals surface area contributed by atoms with Gasteiger partial charge in [-0.1, -0.05) is 30.3 Å². The van der Waals surface area contributed by atoms with Gasteiger partial charge in [-0.2, -0.15) is 5.10 Å². The molecule has 7 heteroatoms. The number of pyridine rings is 1. The van der Waals surface area contributed by atoms with Crippen molar-refractivity contribution in [2.75, 3.05) is 6.54 Å². The number of aromatic nitrogens is 5. The fourth-order valence-corrected chi connectivity index (χ4v) is 3.68. The lowest BCUT2D eigenvalue weighted by molar-refractivity contribution is 0.0625. The number of amides is 1. The lowest BCUT2D eigenvalue weighted by Crippen LogP contribution is -2.41. The van der Waals surface area contributed by atoms with Crippen LogP contribution in [0, 0.1) is 6.92 Å². The van der Waals surface area contributed by atoms with Crippen molar-refractivity contribution in [1.82, 2.24) is 29.0 Å². The van der Waals surface area contributed by atoms with E-state index in [2.05, 4.69) is 10.1 Å². The van der Waals surface area contributed by atoms with Crippen LogP contribution in [-0.2, 0) is 6.54 Å². The maximum Gasteiger partial charge on any atom is 0.274 e. The van der Waals surface area contributed by atoms with Crippen LogP contribution in [0.2, 0.25) is 0 Å². The Morgan fingerprint density at radius 1 is 1.11 bits per heavy atom. The molecule has 4 aromatic rings. The molecule has 5 rings (SSSR count). The standard InChI is InChI=1S/C21H20N6O/c1-14-8-9-25-13-17(22-18(25)12-14)21(28)26-10-11-27-20(15(26)2)23-19(24-27)16-6-4-3-5-7-16/h3-9,12-13,15H,10-11H2,1-2H3/t15-/m0/s1. The van der Waals surface area contributed by atoms with Crippen LogP contribution in [0.4, 0.5) is 0 Å². The lowest BCUT2D eigenvalue weighted by Gasteiger charge is -2.32. The maximum absolute atomic E-state index is 13.1. The van der Waals surface area contributed by atoms with Crippen LogP contribution in [0.15, 0.2) is 54.9 Å². The topological polar surface area (TPSA) is 68.3 Å². The van der Waals surface area contributed by atoms with E-state index in [1.165, 1.54) is 0 Å². The Morgan fingerprint density at radius 3 is 2.75 bits per heavy atom. The summed E-state index contributed by atoms with van der Waals surface area (Å²) >= 11 is 0. The number of nitrogens with zero attached hydrogens (tertiary/aromatic N) is 6. The second-order valence-electron chi connectivity index (χ2n) is 7.15. The average molecular weight is 372 g/mol. The number of hydrogen-bond acceptors (Lipinski definition) is 4. The molecule has 0 radical (unpaired) electrons. The summed E-state index contributed by atoms with van der Waals surface area (Å²) in [6.07, 6.45) is 3.72. The first-order valence-corrected chi connectivity index (χ1v) is 9.36. The highest BCUT2D eigenvalue weighted by atomic mass is 16.2. The summed E-state index contributed by atoms with van der Waals surface area (Å²) in [5.41, 5.74) is 3.33. The Bertz CT molecular complexity index is 1180. The zero-order valence-corrected chi connectivity index (χ0v) is 15.8. The zero-order chi connectivity index (χ0) is 19.3. The first-order valence-electron chi connectivity index (χ1n) is 9.36. The van der Waals surface area contributed by atoms with Crippen LogP contribution in [0.1, 0.15) is 34.8 Å². The molecule has 0 aliphatic carbocycles. The third kappa shape index (κ3) is 2.67. The van der Waals surface area contributed by atoms with Crippen LogP contribution in [0.5, 0.6) is 0 Å². The summed E-state index contributed by atoms with van der Waals surface area (Å²) in [5, 5.41) is 4.63. The molecule has 1 aromatic carbocycles. The largest absolute Gasteiger partial charge is 0.325 e. The third-order valence-corrected chi connectivity index (χ3v) is 5.22. The minimum atomic E-state index is -0.169. The minimum Gasteiger partial charge on any atom is -0.325 e. The van der Waals surface area contributed by atoms with Gasteiger partial charge >= 0.3 is 0 Å². The summed E-state index contributed by atoms with van der Waals surface area (Å²) in [5.74, 6) is 1.42. The predicted octanol–water partition coefficient (Wildman–Crippen LogP) is 3.12. The molecule has 0 bridgehead atoms. The van der Waals surface area contributed by atoms with E-state index in [9.17, 15) is 4.79 Å².